The Labute approximate surface area is 250 Å². The molecule has 1 N–H and O–H groups in total. The summed E-state index contributed by atoms with van der Waals surface area (Å²) in [5.41, 5.74) is 0.808. The molecule has 2 aromatic heterocycles. The van der Waals surface area contributed by atoms with Crippen LogP contribution in [0.5, 0.6) is 23.1 Å². The van der Waals surface area contributed by atoms with Gasteiger partial charge in [0, 0.05) is 18.8 Å². The Morgan fingerprint density at radius 2 is 1.56 bits per heavy atom. The molecule has 0 fully saturated rings. The van der Waals surface area contributed by atoms with E-state index >= 15 is 0 Å². The number of hydrogen-bond donors (Lipinski definition) is 1. The Morgan fingerprint density at radius 1 is 0.884 bits per heavy atom. The first-order valence-electron chi connectivity index (χ1n) is 13.3. The van der Waals surface area contributed by atoms with Crippen LogP contribution in [0.2, 0.25) is 0 Å². The van der Waals surface area contributed by atoms with Gasteiger partial charge in [0.2, 0.25) is 11.6 Å². The van der Waals surface area contributed by atoms with Crippen LogP contribution in [0.15, 0.2) is 71.9 Å². The maximum Gasteiger partial charge on any atom is 0.305 e. The summed E-state index contributed by atoms with van der Waals surface area (Å²) in [5.74, 6) is -0.108. The molecule has 2 aromatic carbocycles. The van der Waals surface area contributed by atoms with Gasteiger partial charge in [0.25, 0.3) is 15.9 Å². The predicted octanol–water partition coefficient (Wildman–Crippen LogP) is 5.16. The Bertz CT molecular complexity index is 1660. The number of para-hydroxylation sites is 2. The smallest absolute Gasteiger partial charge is 0.305 e. The van der Waals surface area contributed by atoms with Crippen molar-refractivity contribution in [3.8, 4) is 34.8 Å². The van der Waals surface area contributed by atoms with Crippen LogP contribution in [0.4, 0.5) is 5.82 Å². The number of hydrogen-bond acceptors (Lipinski definition) is 11. The SMILES string of the molecule is COC(=O)CCCOc1nc(-c2ncccn2)nc(NS(=O)(=O)c2ccc(C(C)(C)C)cc2)c1Oc1ccccc1OC. The first-order valence-corrected chi connectivity index (χ1v) is 14.8. The molecule has 0 aliphatic rings. The van der Waals surface area contributed by atoms with E-state index in [4.69, 9.17) is 18.9 Å². The lowest BCUT2D eigenvalue weighted by atomic mass is 9.87. The highest BCUT2D eigenvalue weighted by Crippen LogP contribution is 2.41. The van der Waals surface area contributed by atoms with Crippen LogP contribution in [0.25, 0.3) is 11.6 Å². The minimum Gasteiger partial charge on any atom is -0.493 e. The van der Waals surface area contributed by atoms with Gasteiger partial charge in [-0.05, 0) is 47.7 Å². The number of methoxy groups -OCH3 is 2. The molecule has 4 aromatic rings. The summed E-state index contributed by atoms with van der Waals surface area (Å²) in [6.45, 7) is 6.15. The van der Waals surface area contributed by atoms with Crippen molar-refractivity contribution >= 4 is 21.8 Å². The van der Waals surface area contributed by atoms with E-state index in [1.165, 1.54) is 38.7 Å². The van der Waals surface area contributed by atoms with E-state index in [1.54, 1.807) is 42.5 Å². The molecule has 0 saturated carbocycles. The monoisotopic (exact) mass is 607 g/mol. The molecule has 0 spiro atoms. The lowest BCUT2D eigenvalue weighted by molar-refractivity contribution is -0.140. The average Bonchev–Trinajstić information content (AvgIpc) is 3.00. The van der Waals surface area contributed by atoms with E-state index in [2.05, 4.69) is 24.7 Å². The van der Waals surface area contributed by atoms with Crippen LogP contribution in [0.3, 0.4) is 0 Å². The molecule has 0 unspecified atom stereocenters. The van der Waals surface area contributed by atoms with Crippen LogP contribution < -0.4 is 18.9 Å². The first kappa shape index (κ1) is 31.2. The van der Waals surface area contributed by atoms with Gasteiger partial charge >= 0.3 is 5.97 Å². The molecule has 0 radical (unpaired) electrons. The maximum absolute atomic E-state index is 13.6. The molecule has 12 nitrogen and oxygen atoms in total. The highest BCUT2D eigenvalue weighted by molar-refractivity contribution is 7.92. The van der Waals surface area contributed by atoms with Crippen LogP contribution in [-0.2, 0) is 25.0 Å². The number of anilines is 1. The zero-order valence-corrected chi connectivity index (χ0v) is 25.3. The largest absolute Gasteiger partial charge is 0.493 e. The highest BCUT2D eigenvalue weighted by Gasteiger charge is 2.26. The lowest BCUT2D eigenvalue weighted by Gasteiger charge is -2.20. The van der Waals surface area contributed by atoms with Gasteiger partial charge in [0.1, 0.15) is 0 Å². The molecule has 13 heteroatoms. The molecular formula is C30H33N5O7S. The molecule has 2 heterocycles. The number of rotatable bonds is 12. The van der Waals surface area contributed by atoms with E-state index < -0.39 is 16.0 Å². The van der Waals surface area contributed by atoms with Crippen molar-refractivity contribution in [1.29, 1.82) is 0 Å². The molecule has 0 aliphatic carbocycles. The number of esters is 1. The number of benzene rings is 2. The maximum atomic E-state index is 13.6. The second-order valence-corrected chi connectivity index (χ2v) is 11.9. The molecule has 0 saturated heterocycles. The second kappa shape index (κ2) is 13.5. The standard InChI is InChI=1S/C30H33N5O7S/c1-30(2,3)20-13-15-21(16-14-20)43(37,38)35-26-25(42-23-11-7-6-10-22(23)39-4)29(41-19-8-12-24(36)40-5)34-28(33-26)27-31-17-9-18-32-27/h6-7,9-11,13-18H,8,12,19H2,1-5H3,(H,33,34,35). The van der Waals surface area contributed by atoms with Gasteiger partial charge in [-0.15, -0.1) is 0 Å². The summed E-state index contributed by atoms with van der Waals surface area (Å²) in [6, 6.07) is 15.0. The summed E-state index contributed by atoms with van der Waals surface area (Å²) in [6.07, 6.45) is 3.40. The molecule has 226 valence electrons. The van der Waals surface area contributed by atoms with Crippen molar-refractivity contribution in [2.24, 2.45) is 0 Å². The number of nitrogens with zero attached hydrogens (tertiary/aromatic N) is 4. The van der Waals surface area contributed by atoms with Gasteiger partial charge in [-0.2, -0.15) is 4.98 Å². The van der Waals surface area contributed by atoms with E-state index in [-0.39, 0.29) is 58.2 Å². The van der Waals surface area contributed by atoms with Gasteiger partial charge in [0.15, 0.2) is 23.1 Å². The van der Waals surface area contributed by atoms with Crippen LogP contribution in [-0.4, -0.2) is 55.1 Å². The number of carbonyl (C=O) groups is 1. The van der Waals surface area contributed by atoms with E-state index in [9.17, 15) is 13.2 Å². The van der Waals surface area contributed by atoms with E-state index in [1.807, 2.05) is 20.8 Å². The number of carbonyl (C=O) groups excluding carboxylic acids is 1. The van der Waals surface area contributed by atoms with Gasteiger partial charge in [-0.25, -0.2) is 23.4 Å². The molecule has 0 atom stereocenters. The summed E-state index contributed by atoms with van der Waals surface area (Å²) in [7, 11) is -1.40. The highest BCUT2D eigenvalue weighted by atomic mass is 32.2. The number of ether oxygens (including phenoxy) is 4. The van der Waals surface area contributed by atoms with Crippen molar-refractivity contribution < 1.29 is 32.2 Å². The molecule has 0 aliphatic heterocycles. The van der Waals surface area contributed by atoms with E-state index in [0.29, 0.717) is 12.2 Å². The minimum atomic E-state index is -4.17. The quantitative estimate of drug-likeness (QED) is 0.168. The Hall–Kier alpha value is -4.78. The normalized spacial score (nSPS) is 11.5. The van der Waals surface area contributed by atoms with Crippen LogP contribution in [0.1, 0.15) is 39.2 Å². The van der Waals surface area contributed by atoms with Gasteiger partial charge < -0.3 is 18.9 Å². The van der Waals surface area contributed by atoms with Crippen LogP contribution in [0, 0.1) is 0 Å². The molecular weight excluding hydrogens is 574 g/mol. The molecule has 4 rings (SSSR count). The zero-order chi connectivity index (χ0) is 31.0. The summed E-state index contributed by atoms with van der Waals surface area (Å²) < 4.78 is 52.0. The topological polar surface area (TPSA) is 152 Å². The number of nitrogens with one attached hydrogen (secondary N) is 1. The molecule has 0 bridgehead atoms. The summed E-state index contributed by atoms with van der Waals surface area (Å²) in [4.78, 5) is 28.9. The van der Waals surface area contributed by atoms with E-state index in [0.717, 1.165) is 5.56 Å². The Balaban J connectivity index is 1.82. The fourth-order valence-electron chi connectivity index (χ4n) is 3.82. The molecule has 43 heavy (non-hydrogen) atoms. The number of sulfonamides is 1. The Kier molecular flexibility index (Phi) is 9.76. The van der Waals surface area contributed by atoms with Crippen molar-refractivity contribution in [2.75, 3.05) is 25.5 Å². The van der Waals surface area contributed by atoms with Gasteiger partial charge in [-0.3, -0.25) is 9.52 Å². The zero-order valence-electron chi connectivity index (χ0n) is 24.5. The fraction of sp³-hybridized carbons (Fsp3) is 0.300. The third-order valence-electron chi connectivity index (χ3n) is 6.13. The van der Waals surface area contributed by atoms with Crippen molar-refractivity contribution in [2.45, 2.75) is 43.9 Å². The predicted molar refractivity (Wildman–Crippen MR) is 159 cm³/mol. The summed E-state index contributed by atoms with van der Waals surface area (Å²) in [5, 5.41) is 0. The molecule has 0 amide bonds. The Morgan fingerprint density at radius 3 is 2.19 bits per heavy atom. The first-order chi connectivity index (χ1) is 20.5. The van der Waals surface area contributed by atoms with Crippen molar-refractivity contribution in [3.05, 3.63) is 72.6 Å². The lowest BCUT2D eigenvalue weighted by Crippen LogP contribution is -2.17. The van der Waals surface area contributed by atoms with Crippen molar-refractivity contribution in [3.63, 3.8) is 0 Å². The average molecular weight is 608 g/mol. The van der Waals surface area contributed by atoms with Crippen molar-refractivity contribution in [1.82, 2.24) is 19.9 Å². The second-order valence-electron chi connectivity index (χ2n) is 10.3. The number of aromatic nitrogens is 4. The van der Waals surface area contributed by atoms with Crippen LogP contribution >= 0.6 is 0 Å². The summed E-state index contributed by atoms with van der Waals surface area (Å²) >= 11 is 0. The third kappa shape index (κ3) is 7.95. The third-order valence-corrected chi connectivity index (χ3v) is 7.49. The van der Waals surface area contributed by atoms with Gasteiger partial charge in [0.05, 0.1) is 25.7 Å². The van der Waals surface area contributed by atoms with Gasteiger partial charge in [-0.1, -0.05) is 45.0 Å². The minimum absolute atomic E-state index is 0.0143. The fourth-order valence-corrected chi connectivity index (χ4v) is 4.83.